The zero-order valence-corrected chi connectivity index (χ0v) is 19.9. The number of aliphatic hydroxyl groups is 2. The molecule has 0 amide bonds. The number of phosphoric ester groups is 1. The van der Waals surface area contributed by atoms with Crippen LogP contribution in [0.1, 0.15) is 6.23 Å². The number of nitrogens with zero attached hydrogens (tertiary/aromatic N) is 4. The first-order valence-electron chi connectivity index (χ1n) is 7.85. The van der Waals surface area contributed by atoms with Crippen LogP contribution in [0.3, 0.4) is 0 Å². The molecule has 3 rings (SSSR count). The second kappa shape index (κ2) is 11.2. The van der Waals surface area contributed by atoms with E-state index in [-0.39, 0.29) is 51.1 Å². The molecule has 23 heteroatoms. The van der Waals surface area contributed by atoms with Crippen molar-refractivity contribution in [3.05, 3.63) is 12.7 Å². The average molecular weight is 630 g/mol. The zero-order valence-electron chi connectivity index (χ0n) is 15.4. The molecule has 0 spiro atoms. The molecule has 2 unspecified atom stereocenters. The third kappa shape index (κ3) is 7.58. The normalized spacial score (nSPS) is 26.7. The van der Waals surface area contributed by atoms with E-state index in [0.717, 1.165) is 12.7 Å². The first-order chi connectivity index (χ1) is 14.2. The Kier molecular flexibility index (Phi) is 10.4. The number of imidazole rings is 1. The molecule has 0 bridgehead atoms. The summed E-state index contributed by atoms with van der Waals surface area (Å²) in [6, 6.07) is 0. The monoisotopic (exact) mass is 629 g/mol. The molecule has 1 aliphatic rings. The van der Waals surface area contributed by atoms with Crippen molar-refractivity contribution in [3.63, 3.8) is 0 Å². The Morgan fingerprint density at radius 2 is 1.67 bits per heavy atom. The minimum absolute atomic E-state index is 0. The standard InChI is InChI=1S/C10H16N5O13P3.2Cu/c11-8-5-9(13-2-12-8)15(3-14-5)10-7(17)6(16)4(26-10)1-25-30(21,22)28-31(23,24)27-29(18,19)20;;/h2-4,6-7,10,16-17H,1H2,(H,21,22)(H,23,24)(H2,11,12,13)(H2,18,19,20);;/q;2*+2/p-4/t4-,6-,7-,10-;;/m1../s1. The second-order valence-electron chi connectivity index (χ2n) is 5.93. The Bertz CT molecular complexity index is 1120. The summed E-state index contributed by atoms with van der Waals surface area (Å²) in [7, 11) is -18.1. The van der Waals surface area contributed by atoms with E-state index in [0.29, 0.717) is 0 Å². The van der Waals surface area contributed by atoms with Gasteiger partial charge in [0.1, 0.15) is 30.2 Å². The van der Waals surface area contributed by atoms with E-state index in [4.69, 9.17) is 10.5 Å². The van der Waals surface area contributed by atoms with Crippen LogP contribution in [0.2, 0.25) is 0 Å². The van der Waals surface area contributed by atoms with Crippen LogP contribution in [0.5, 0.6) is 0 Å². The van der Waals surface area contributed by atoms with Crippen molar-refractivity contribution in [2.45, 2.75) is 24.5 Å². The molecule has 1 aliphatic heterocycles. The van der Waals surface area contributed by atoms with Gasteiger partial charge in [0.25, 0.3) is 15.6 Å². The van der Waals surface area contributed by atoms with Crippen LogP contribution < -0.4 is 25.3 Å². The number of hydrogen-bond acceptors (Lipinski definition) is 17. The molecule has 192 valence electrons. The molecule has 0 aromatic carbocycles. The molecular weight excluding hydrogens is 618 g/mol. The molecule has 18 nitrogen and oxygen atoms in total. The molecule has 1 fully saturated rings. The summed E-state index contributed by atoms with van der Waals surface area (Å²) >= 11 is 0. The number of hydrogen-bond donors (Lipinski definition) is 3. The van der Waals surface area contributed by atoms with Gasteiger partial charge in [-0.2, -0.15) is 0 Å². The molecule has 4 N–H and O–H groups in total. The number of phosphoric acid groups is 3. The smallest absolute Gasteiger partial charge is 0.790 e. The fourth-order valence-corrected chi connectivity index (χ4v) is 5.47. The maximum Gasteiger partial charge on any atom is 2.00 e. The van der Waals surface area contributed by atoms with Gasteiger partial charge in [0.05, 0.1) is 20.8 Å². The summed E-state index contributed by atoms with van der Waals surface area (Å²) in [5, 5.41) is 20.3. The van der Waals surface area contributed by atoms with Gasteiger partial charge >= 0.3 is 34.1 Å². The minimum Gasteiger partial charge on any atom is -0.790 e. The van der Waals surface area contributed by atoms with Crippen LogP contribution in [0.4, 0.5) is 5.82 Å². The summed E-state index contributed by atoms with van der Waals surface area (Å²) in [6.45, 7) is -1.08. The van der Waals surface area contributed by atoms with Gasteiger partial charge < -0.3 is 49.3 Å². The molecule has 0 aliphatic carbocycles. The van der Waals surface area contributed by atoms with Gasteiger partial charge in [-0.1, -0.05) is 0 Å². The summed E-state index contributed by atoms with van der Waals surface area (Å²) in [4.78, 5) is 54.9. The third-order valence-corrected chi connectivity index (χ3v) is 7.46. The van der Waals surface area contributed by atoms with Crippen molar-refractivity contribution >= 4 is 40.4 Å². The van der Waals surface area contributed by atoms with Gasteiger partial charge in [-0.3, -0.25) is 18.0 Å². The van der Waals surface area contributed by atoms with Gasteiger partial charge in [-0.15, -0.1) is 0 Å². The van der Waals surface area contributed by atoms with Crippen LogP contribution in [0.15, 0.2) is 12.7 Å². The van der Waals surface area contributed by atoms with E-state index in [9.17, 15) is 43.5 Å². The molecule has 1 saturated heterocycles. The van der Waals surface area contributed by atoms with Crippen molar-refractivity contribution in [1.29, 1.82) is 0 Å². The number of nitrogens with two attached hydrogens (primary N) is 1. The Labute approximate surface area is 204 Å². The Balaban J connectivity index is 0.00000272. The maximum atomic E-state index is 11.6. The number of aliphatic hydroxyl groups excluding tert-OH is 2. The van der Waals surface area contributed by atoms with Crippen LogP contribution >= 0.6 is 23.5 Å². The summed E-state index contributed by atoms with van der Waals surface area (Å²) < 4.78 is 50.2. The maximum absolute atomic E-state index is 11.6. The SMILES string of the molecule is Nc1ncnc2c1ncn2[C@@H]1O[C@H](COP(=O)([O-])OP(=O)([O-])OP(=O)([O-])[O-])[C@@H](O)[C@H]1O.[Cu+2].[Cu+2]. The Morgan fingerprint density at radius 3 is 2.27 bits per heavy atom. The Hall–Kier alpha value is -0.321. The zero-order chi connectivity index (χ0) is 23.2. The largest absolute Gasteiger partial charge is 2.00 e. The van der Waals surface area contributed by atoms with Crippen molar-refractivity contribution in [2.75, 3.05) is 12.3 Å². The molecule has 2 radical (unpaired) electrons. The molecule has 3 heterocycles. The number of fused-ring (bicyclic) bond motifs is 1. The fourth-order valence-electron chi connectivity index (χ4n) is 2.60. The molecule has 2 aromatic rings. The first kappa shape index (κ1) is 30.7. The minimum atomic E-state index is -6.14. The molecule has 2 aromatic heterocycles. The van der Waals surface area contributed by atoms with E-state index in [1.54, 1.807) is 0 Å². The first-order valence-corrected chi connectivity index (χ1v) is 12.2. The summed E-state index contributed by atoms with van der Waals surface area (Å²) in [5.41, 5.74) is 5.92. The van der Waals surface area contributed by atoms with Crippen molar-refractivity contribution in [1.82, 2.24) is 19.5 Å². The van der Waals surface area contributed by atoms with E-state index in [1.165, 1.54) is 4.57 Å². The number of ether oxygens (including phenoxy) is 1. The topological polar surface area (TPSA) is 290 Å². The van der Waals surface area contributed by atoms with Crippen molar-refractivity contribution in [2.24, 2.45) is 0 Å². The molecule has 33 heavy (non-hydrogen) atoms. The molecule has 6 atom stereocenters. The van der Waals surface area contributed by atoms with E-state index < -0.39 is 54.6 Å². The average Bonchev–Trinajstić information content (AvgIpc) is 3.13. The van der Waals surface area contributed by atoms with Crippen molar-refractivity contribution in [3.8, 4) is 0 Å². The number of nitrogen functional groups attached to an aromatic ring is 1. The number of rotatable bonds is 8. The van der Waals surface area contributed by atoms with Gasteiger partial charge in [0, 0.05) is 0 Å². The van der Waals surface area contributed by atoms with Crippen LogP contribution in [-0.4, -0.2) is 54.7 Å². The fraction of sp³-hybridized carbons (Fsp3) is 0.500. The molecular formula is C10H12Cu2N5O13P3. The van der Waals surface area contributed by atoms with E-state index >= 15 is 0 Å². The van der Waals surface area contributed by atoms with Gasteiger partial charge in [-0.05, 0) is 0 Å². The molecule has 0 saturated carbocycles. The van der Waals surface area contributed by atoms with E-state index in [1.807, 2.05) is 0 Å². The van der Waals surface area contributed by atoms with Crippen LogP contribution in [-0.2, 0) is 65.7 Å². The number of anilines is 1. The number of aromatic nitrogens is 4. The second-order valence-corrected chi connectivity index (χ2v) is 10.2. The van der Waals surface area contributed by atoms with Gasteiger partial charge in [0.15, 0.2) is 17.7 Å². The third-order valence-electron chi connectivity index (χ3n) is 3.80. The van der Waals surface area contributed by atoms with Crippen LogP contribution in [0.25, 0.3) is 11.2 Å². The predicted octanol–water partition coefficient (Wildman–Crippen LogP) is -4.16. The Morgan fingerprint density at radius 1 is 1.03 bits per heavy atom. The van der Waals surface area contributed by atoms with E-state index in [2.05, 4.69) is 28.1 Å². The summed E-state index contributed by atoms with van der Waals surface area (Å²) in [5.74, 6) is 0.0195. The van der Waals surface area contributed by atoms with Gasteiger partial charge in [0.2, 0.25) is 0 Å². The van der Waals surface area contributed by atoms with Crippen LogP contribution in [0, 0.1) is 0 Å². The quantitative estimate of drug-likeness (QED) is 0.184. The van der Waals surface area contributed by atoms with Gasteiger partial charge in [-0.25, -0.2) is 19.3 Å². The predicted molar refractivity (Wildman–Crippen MR) is 86.6 cm³/mol. The summed E-state index contributed by atoms with van der Waals surface area (Å²) in [6.07, 6.45) is -3.99. The van der Waals surface area contributed by atoms with Crippen molar-refractivity contribution < 1.29 is 95.5 Å².